The molecule has 1 amide bonds. The molecule has 0 saturated carbocycles. The Morgan fingerprint density at radius 3 is 2.70 bits per heavy atom. The summed E-state index contributed by atoms with van der Waals surface area (Å²) >= 11 is 2.57. The van der Waals surface area contributed by atoms with Crippen molar-refractivity contribution in [3.8, 4) is 5.75 Å². The summed E-state index contributed by atoms with van der Waals surface area (Å²) < 4.78 is 20.8. The first-order chi connectivity index (χ1) is 16.0. The van der Waals surface area contributed by atoms with Gasteiger partial charge in [-0.15, -0.1) is 11.3 Å². The minimum absolute atomic E-state index is 0.179. The smallest absolute Gasteiger partial charge is 0.272 e. The minimum atomic E-state index is -0.489. The number of methoxy groups -OCH3 is 1. The van der Waals surface area contributed by atoms with Gasteiger partial charge in [-0.05, 0) is 47.7 Å². The van der Waals surface area contributed by atoms with E-state index in [2.05, 4.69) is 10.3 Å². The van der Waals surface area contributed by atoms with Gasteiger partial charge in [-0.25, -0.2) is 9.37 Å². The number of nitrogens with one attached hydrogen (secondary N) is 1. The summed E-state index contributed by atoms with van der Waals surface area (Å²) in [5.41, 5.74) is 1.77. The Hall–Kier alpha value is -3.17. The zero-order chi connectivity index (χ0) is 23.4. The molecule has 4 aromatic rings. The molecule has 170 valence electrons. The Morgan fingerprint density at radius 2 is 1.97 bits per heavy atom. The summed E-state index contributed by atoms with van der Waals surface area (Å²) in [6.07, 6.45) is 0.528. The van der Waals surface area contributed by atoms with Gasteiger partial charge in [0.2, 0.25) is 5.91 Å². The van der Waals surface area contributed by atoms with Gasteiger partial charge in [0.15, 0.2) is 5.16 Å². The second-order valence-corrected chi connectivity index (χ2v) is 9.34. The van der Waals surface area contributed by atoms with Crippen LogP contribution in [0.1, 0.15) is 18.9 Å². The highest BCUT2D eigenvalue weighted by Crippen LogP contribution is 2.29. The number of nitrogens with zero attached hydrogens (tertiary/aromatic N) is 2. The lowest BCUT2D eigenvalue weighted by molar-refractivity contribution is -0.115. The van der Waals surface area contributed by atoms with Crippen LogP contribution in [0.15, 0.2) is 69.9 Å². The third kappa shape index (κ3) is 5.09. The maximum Gasteiger partial charge on any atom is 0.272 e. The van der Waals surface area contributed by atoms with Crippen LogP contribution in [0.4, 0.5) is 10.1 Å². The standard InChI is InChI=1S/C24H22FN3O3S2/c1-3-20(22(29)26-17-6-4-5-7-19(17)31-2)33-24-27-18-12-13-32-21(18)23(30)28(24)14-15-8-10-16(25)11-9-15/h4-13,20H,3,14H2,1-2H3,(H,26,29)/t20-/m0/s1. The highest BCUT2D eigenvalue weighted by Gasteiger charge is 2.23. The summed E-state index contributed by atoms with van der Waals surface area (Å²) in [5.74, 6) is 0.0170. The number of rotatable bonds is 8. The SMILES string of the molecule is CC[C@H](Sc1nc2ccsc2c(=O)n1Cc1ccc(F)cc1)C(=O)Nc1ccccc1OC. The molecule has 1 N–H and O–H groups in total. The summed E-state index contributed by atoms with van der Waals surface area (Å²) in [6.45, 7) is 2.14. The van der Waals surface area contributed by atoms with Crippen LogP contribution in [-0.4, -0.2) is 27.8 Å². The molecule has 6 nitrogen and oxygen atoms in total. The average molecular weight is 484 g/mol. The quantitative estimate of drug-likeness (QED) is 0.277. The molecule has 0 aliphatic rings. The number of amides is 1. The van der Waals surface area contributed by atoms with Crippen molar-refractivity contribution in [3.63, 3.8) is 0 Å². The van der Waals surface area contributed by atoms with Gasteiger partial charge in [0.25, 0.3) is 5.56 Å². The molecule has 2 aromatic carbocycles. The molecule has 0 spiro atoms. The van der Waals surface area contributed by atoms with Crippen LogP contribution in [0.5, 0.6) is 5.75 Å². The van der Waals surface area contributed by atoms with Crippen molar-refractivity contribution >= 4 is 44.9 Å². The Kier molecular flexibility index (Phi) is 7.10. The Balaban J connectivity index is 1.66. The Morgan fingerprint density at radius 1 is 1.21 bits per heavy atom. The van der Waals surface area contributed by atoms with Crippen molar-refractivity contribution in [2.45, 2.75) is 30.3 Å². The molecule has 1 atom stereocenters. The predicted octanol–water partition coefficient (Wildman–Crippen LogP) is 5.16. The molecule has 4 rings (SSSR count). The normalized spacial score (nSPS) is 12.0. The number of halogens is 1. The molecule has 9 heteroatoms. The lowest BCUT2D eigenvalue weighted by Gasteiger charge is -2.18. The van der Waals surface area contributed by atoms with Gasteiger partial charge in [-0.2, -0.15) is 0 Å². The van der Waals surface area contributed by atoms with E-state index in [4.69, 9.17) is 4.74 Å². The molecule has 2 heterocycles. The van der Waals surface area contributed by atoms with Gasteiger partial charge in [0.1, 0.15) is 16.3 Å². The van der Waals surface area contributed by atoms with Crippen molar-refractivity contribution in [3.05, 3.63) is 81.7 Å². The number of benzene rings is 2. The van der Waals surface area contributed by atoms with Crippen LogP contribution in [0.25, 0.3) is 10.2 Å². The molecule has 0 fully saturated rings. The zero-order valence-electron chi connectivity index (χ0n) is 18.1. The summed E-state index contributed by atoms with van der Waals surface area (Å²) in [7, 11) is 1.55. The van der Waals surface area contributed by atoms with E-state index in [1.54, 1.807) is 42.0 Å². The van der Waals surface area contributed by atoms with E-state index < -0.39 is 5.25 Å². The number of carbonyl (C=O) groups is 1. The second-order valence-electron chi connectivity index (χ2n) is 7.25. The zero-order valence-corrected chi connectivity index (χ0v) is 19.7. The van der Waals surface area contributed by atoms with E-state index in [0.717, 1.165) is 5.56 Å². The molecule has 0 unspecified atom stereocenters. The maximum absolute atomic E-state index is 13.4. The number of thioether (sulfide) groups is 1. The van der Waals surface area contributed by atoms with Crippen molar-refractivity contribution in [1.82, 2.24) is 9.55 Å². The van der Waals surface area contributed by atoms with Crippen LogP contribution in [-0.2, 0) is 11.3 Å². The molecule has 0 aliphatic heterocycles. The number of anilines is 1. The van der Waals surface area contributed by atoms with Crippen LogP contribution in [0.2, 0.25) is 0 Å². The molecular formula is C24H22FN3O3S2. The molecule has 2 aromatic heterocycles. The average Bonchev–Trinajstić information content (AvgIpc) is 3.30. The van der Waals surface area contributed by atoms with Crippen molar-refractivity contribution in [2.75, 3.05) is 12.4 Å². The van der Waals surface area contributed by atoms with Crippen LogP contribution in [0.3, 0.4) is 0 Å². The van der Waals surface area contributed by atoms with Gasteiger partial charge in [0.05, 0.1) is 30.1 Å². The van der Waals surface area contributed by atoms with Gasteiger partial charge in [0, 0.05) is 0 Å². The van der Waals surface area contributed by atoms with E-state index in [9.17, 15) is 14.0 Å². The van der Waals surface area contributed by atoms with Crippen LogP contribution in [0, 0.1) is 5.82 Å². The largest absolute Gasteiger partial charge is 0.495 e. The van der Waals surface area contributed by atoms with Crippen molar-refractivity contribution in [2.24, 2.45) is 0 Å². The van der Waals surface area contributed by atoms with Gasteiger partial charge < -0.3 is 10.1 Å². The predicted molar refractivity (Wildman–Crippen MR) is 131 cm³/mol. The van der Waals surface area contributed by atoms with Crippen molar-refractivity contribution < 1.29 is 13.9 Å². The second kappa shape index (κ2) is 10.2. The van der Waals surface area contributed by atoms with Crippen LogP contribution < -0.4 is 15.6 Å². The van der Waals surface area contributed by atoms with Crippen LogP contribution >= 0.6 is 23.1 Å². The lowest BCUT2D eigenvalue weighted by Crippen LogP contribution is -2.28. The number of thiophene rings is 1. The minimum Gasteiger partial charge on any atom is -0.495 e. The topological polar surface area (TPSA) is 73.2 Å². The Labute approximate surface area is 198 Å². The first kappa shape index (κ1) is 23.0. The number of carbonyl (C=O) groups excluding carboxylic acids is 1. The molecule has 0 saturated heterocycles. The molecule has 0 bridgehead atoms. The van der Waals surface area contributed by atoms with Gasteiger partial charge in [-0.3, -0.25) is 14.2 Å². The lowest BCUT2D eigenvalue weighted by atomic mass is 10.2. The van der Waals surface area contributed by atoms with Gasteiger partial charge in [-0.1, -0.05) is 43.0 Å². The number of hydrogen-bond acceptors (Lipinski definition) is 6. The number of aromatic nitrogens is 2. The van der Waals surface area contributed by atoms with E-state index in [-0.39, 0.29) is 23.8 Å². The fraction of sp³-hybridized carbons (Fsp3) is 0.208. The van der Waals surface area contributed by atoms with E-state index in [1.807, 2.05) is 24.4 Å². The Bertz CT molecular complexity index is 1340. The highest BCUT2D eigenvalue weighted by molar-refractivity contribution is 8.00. The number of hydrogen-bond donors (Lipinski definition) is 1. The number of ether oxygens (including phenoxy) is 1. The van der Waals surface area contributed by atoms with E-state index >= 15 is 0 Å². The number of para-hydroxylation sites is 2. The van der Waals surface area contributed by atoms with Gasteiger partial charge >= 0.3 is 0 Å². The maximum atomic E-state index is 13.4. The summed E-state index contributed by atoms with van der Waals surface area (Å²) in [4.78, 5) is 31.0. The highest BCUT2D eigenvalue weighted by atomic mass is 32.2. The molecule has 0 radical (unpaired) electrons. The van der Waals surface area contributed by atoms with Crippen molar-refractivity contribution in [1.29, 1.82) is 0 Å². The third-order valence-corrected chi connectivity index (χ3v) is 7.31. The summed E-state index contributed by atoms with van der Waals surface area (Å²) in [6, 6.07) is 15.0. The monoisotopic (exact) mass is 483 g/mol. The number of fused-ring (bicyclic) bond motifs is 1. The molecule has 33 heavy (non-hydrogen) atoms. The first-order valence-corrected chi connectivity index (χ1v) is 12.1. The third-order valence-electron chi connectivity index (χ3n) is 5.06. The fourth-order valence-electron chi connectivity index (χ4n) is 3.34. The molecule has 0 aliphatic carbocycles. The first-order valence-electron chi connectivity index (χ1n) is 10.3. The fourth-order valence-corrected chi connectivity index (χ4v) is 5.13. The van der Waals surface area contributed by atoms with E-state index in [1.165, 1.54) is 35.2 Å². The van der Waals surface area contributed by atoms with E-state index in [0.29, 0.717) is 33.2 Å². The summed E-state index contributed by atoms with van der Waals surface area (Å²) in [5, 5.41) is 4.69. The molecular weight excluding hydrogens is 461 g/mol.